The first-order valence-corrected chi connectivity index (χ1v) is 5.91. The third kappa shape index (κ3) is 282. The molecule has 0 fully saturated rings. The van der Waals surface area contributed by atoms with Gasteiger partial charge in [0.05, 0.1) is 0 Å². The first-order chi connectivity index (χ1) is 5.91. The Morgan fingerprint density at radius 1 is 0.688 bits per heavy atom. The second-order valence-corrected chi connectivity index (χ2v) is 3.45. The van der Waals surface area contributed by atoms with Crippen molar-refractivity contribution < 1.29 is 35.0 Å². The molecule has 0 aromatic carbocycles. The zero-order chi connectivity index (χ0) is 12.4. The molecule has 0 rings (SSSR count). The molecule has 0 unspecified atom stereocenters. The number of rotatable bonds is 1. The summed E-state index contributed by atoms with van der Waals surface area (Å²) in [6, 6.07) is 0. The number of hydrogen-bond acceptors (Lipinski definition) is 8. The van der Waals surface area contributed by atoms with E-state index >= 15 is 0 Å². The Hall–Kier alpha value is 2.88. The quantitative estimate of drug-likeness (QED) is 0.224. The van der Waals surface area contributed by atoms with Crippen LogP contribution in [0.15, 0.2) is 0 Å². The van der Waals surface area contributed by atoms with E-state index in [2.05, 4.69) is 13.8 Å². The molecular weight excluding hydrogens is 515 g/mol. The maximum atomic E-state index is 8.52. The summed E-state index contributed by atoms with van der Waals surface area (Å²) in [5.41, 5.74) is 0. The maximum absolute atomic E-state index is 8.52. The molecule has 12 heteroatoms. The normalized spacial score (nSPS) is 9.12. The van der Waals surface area contributed by atoms with Gasteiger partial charge in [-0.2, -0.15) is 0 Å². The fourth-order valence-electron chi connectivity index (χ4n) is 0. The molecule has 0 saturated carbocycles. The Balaban J connectivity index is -0.0000000358. The summed E-state index contributed by atoms with van der Waals surface area (Å²) < 4.78 is 68.2. The van der Waals surface area contributed by atoms with Gasteiger partial charge in [-0.1, -0.05) is 26.7 Å². The van der Waals surface area contributed by atoms with E-state index in [0.717, 1.165) is 0 Å². The Morgan fingerprint density at radius 3 is 0.750 bits per heavy atom. The zero-order valence-corrected chi connectivity index (χ0v) is 19.4. The smallest absolute Gasteiger partial charge is 0.759 e. The molecule has 0 spiro atoms. The van der Waals surface area contributed by atoms with E-state index in [-0.39, 0.29) is 97.8 Å². The molecule has 0 aliphatic heterocycles. The van der Waals surface area contributed by atoms with E-state index in [1.54, 1.807) is 0 Å². The first-order valence-electron chi connectivity index (χ1n) is 3.25. The summed E-state index contributed by atoms with van der Waals surface area (Å²) in [6.07, 6.45) is 2.64. The predicted octanol–water partition coefficient (Wildman–Crippen LogP) is -1.63. The van der Waals surface area contributed by atoms with Gasteiger partial charge in [-0.15, -0.1) is 0 Å². The monoisotopic (exact) mass is 526 g/mol. The van der Waals surface area contributed by atoms with Crippen LogP contribution in [0.4, 0.5) is 0 Å². The molecule has 8 nitrogen and oxygen atoms in total. The molecular formula is C4H10Ba2O8S2. The zero-order valence-electron chi connectivity index (χ0n) is 8.91. The van der Waals surface area contributed by atoms with Gasteiger partial charge in [0.1, 0.15) is 0 Å². The Bertz CT molecular complexity index is 248. The van der Waals surface area contributed by atoms with Crippen LogP contribution in [0.25, 0.3) is 0 Å². The van der Waals surface area contributed by atoms with Crippen molar-refractivity contribution in [2.75, 3.05) is 0 Å². The topological polar surface area (TPSA) is 161 Å². The fraction of sp³-hybridized carbons (Fsp3) is 1.00. The van der Waals surface area contributed by atoms with Gasteiger partial charge in [-0.05, 0) is 0 Å². The summed E-state index contributed by atoms with van der Waals surface area (Å²) >= 11 is 0. The minimum atomic E-state index is -5.17. The second-order valence-electron chi connectivity index (χ2n) is 1.82. The van der Waals surface area contributed by atoms with Crippen LogP contribution in [0.5, 0.6) is 0 Å². The van der Waals surface area contributed by atoms with Crippen LogP contribution in [-0.4, -0.2) is 133 Å². The van der Waals surface area contributed by atoms with Crippen molar-refractivity contribution in [3.05, 3.63) is 0 Å². The molecule has 0 aromatic rings. The van der Waals surface area contributed by atoms with Gasteiger partial charge < -0.3 is 18.2 Å². The molecule has 0 atom stereocenters. The summed E-state index contributed by atoms with van der Waals surface area (Å²) in [4.78, 5) is 0. The Morgan fingerprint density at radius 2 is 0.750 bits per heavy atom. The van der Waals surface area contributed by atoms with Gasteiger partial charge in [-0.25, -0.2) is 0 Å². The van der Waals surface area contributed by atoms with Gasteiger partial charge in [0, 0.05) is 20.8 Å². The number of hydrogen-bond donors (Lipinski definition) is 0. The summed E-state index contributed by atoms with van der Waals surface area (Å²) in [5.74, 6) is 0. The van der Waals surface area contributed by atoms with Crippen LogP contribution in [0.2, 0.25) is 0 Å². The molecule has 0 radical (unpaired) electrons. The van der Waals surface area contributed by atoms with Gasteiger partial charge in [0.15, 0.2) is 0 Å². The molecule has 0 N–H and O–H groups in total. The van der Waals surface area contributed by atoms with Crippen molar-refractivity contribution in [1.29, 1.82) is 0 Å². The average molecular weight is 525 g/mol. The third-order valence-corrected chi connectivity index (χ3v) is 0.500. The van der Waals surface area contributed by atoms with Gasteiger partial charge in [-0.3, -0.25) is 16.8 Å². The van der Waals surface area contributed by atoms with Crippen molar-refractivity contribution in [1.82, 2.24) is 0 Å². The standard InChI is InChI=1S/C4H10.2Ba.2H2O4S/c1-3-4-2;;;2*1-5(2,3)4/h3-4H2,1-2H3;;;2*(H2,1,2,3,4)/q;2*+2;;/p-4. The van der Waals surface area contributed by atoms with Crippen LogP contribution in [-0.2, 0) is 20.8 Å². The van der Waals surface area contributed by atoms with E-state index in [9.17, 15) is 0 Å². The van der Waals surface area contributed by atoms with Gasteiger partial charge >= 0.3 is 97.8 Å². The van der Waals surface area contributed by atoms with Crippen molar-refractivity contribution in [2.24, 2.45) is 0 Å². The van der Waals surface area contributed by atoms with E-state index in [0.29, 0.717) is 0 Å². The molecule has 0 saturated heterocycles. The second kappa shape index (κ2) is 17.9. The van der Waals surface area contributed by atoms with E-state index in [4.69, 9.17) is 35.0 Å². The van der Waals surface area contributed by atoms with Crippen LogP contribution < -0.4 is 0 Å². The van der Waals surface area contributed by atoms with E-state index < -0.39 is 20.8 Å². The average Bonchev–Trinajstić information content (AvgIpc) is 1.79. The molecule has 0 bridgehead atoms. The predicted molar refractivity (Wildman–Crippen MR) is 53.0 cm³/mol. The molecule has 0 aliphatic rings. The minimum Gasteiger partial charge on any atom is -0.759 e. The fourth-order valence-corrected chi connectivity index (χ4v) is 0. The first kappa shape index (κ1) is 31.3. The number of unbranched alkanes of at least 4 members (excludes halogenated alkanes) is 1. The van der Waals surface area contributed by atoms with Crippen molar-refractivity contribution in [3.8, 4) is 0 Å². The maximum Gasteiger partial charge on any atom is 2.00 e. The molecule has 0 aliphatic carbocycles. The van der Waals surface area contributed by atoms with Crippen molar-refractivity contribution in [2.45, 2.75) is 26.7 Å². The molecule has 0 amide bonds. The van der Waals surface area contributed by atoms with Crippen LogP contribution >= 0.6 is 0 Å². The van der Waals surface area contributed by atoms with Crippen LogP contribution in [0.1, 0.15) is 26.7 Å². The van der Waals surface area contributed by atoms with Crippen molar-refractivity contribution >= 4 is 119 Å². The Kier molecular flexibility index (Phi) is 35.0. The van der Waals surface area contributed by atoms with Crippen LogP contribution in [0.3, 0.4) is 0 Å². The minimum absolute atomic E-state index is 0. The molecule has 0 aromatic heterocycles. The van der Waals surface area contributed by atoms with E-state index in [1.165, 1.54) is 12.8 Å². The van der Waals surface area contributed by atoms with Crippen molar-refractivity contribution in [3.63, 3.8) is 0 Å². The molecule has 0 heterocycles. The summed E-state index contributed by atoms with van der Waals surface area (Å²) in [7, 11) is -10.3. The molecule has 90 valence electrons. The van der Waals surface area contributed by atoms with Gasteiger partial charge in [0.2, 0.25) is 0 Å². The summed E-state index contributed by atoms with van der Waals surface area (Å²) in [6.45, 7) is 4.36. The SMILES string of the molecule is CCCC.O=S(=O)([O-])[O-].O=S(=O)([O-])[O-].[Ba+2].[Ba+2]. The third-order valence-electron chi connectivity index (χ3n) is 0.500. The van der Waals surface area contributed by atoms with Crippen LogP contribution in [0, 0.1) is 0 Å². The van der Waals surface area contributed by atoms with E-state index in [1.807, 2.05) is 0 Å². The van der Waals surface area contributed by atoms with Gasteiger partial charge in [0.25, 0.3) is 0 Å². The largest absolute Gasteiger partial charge is 2.00 e. The summed E-state index contributed by atoms with van der Waals surface area (Å²) in [5, 5.41) is 0. The molecule has 16 heavy (non-hydrogen) atoms. The Labute approximate surface area is 176 Å².